The molecule has 0 spiro atoms. The zero-order valence-corrected chi connectivity index (χ0v) is 24.8. The lowest BCUT2D eigenvalue weighted by Crippen LogP contribution is -2.60. The van der Waals surface area contributed by atoms with Crippen LogP contribution in [0.5, 0.6) is 0 Å². The van der Waals surface area contributed by atoms with Crippen molar-refractivity contribution in [2.24, 2.45) is 0 Å². The minimum absolute atomic E-state index is 0.167. The summed E-state index contributed by atoms with van der Waals surface area (Å²) in [5, 5.41) is 54.2. The van der Waals surface area contributed by atoms with Gasteiger partial charge >= 0.3 is 14.5 Å². The van der Waals surface area contributed by atoms with E-state index in [1.807, 2.05) is 0 Å². The molecule has 0 bridgehead atoms. The zero-order chi connectivity index (χ0) is 31.9. The average molecular weight is 677 g/mol. The summed E-state index contributed by atoms with van der Waals surface area (Å²) < 4.78 is 58.8. The van der Waals surface area contributed by atoms with Crippen molar-refractivity contribution in [1.82, 2.24) is 14.6 Å². The van der Waals surface area contributed by atoms with Crippen LogP contribution < -0.4 is 5.73 Å². The van der Waals surface area contributed by atoms with Crippen LogP contribution in [0.25, 0.3) is 5.52 Å². The highest BCUT2D eigenvalue weighted by Gasteiger charge is 2.57. The van der Waals surface area contributed by atoms with E-state index < -0.39 is 88.5 Å². The smallest absolute Gasteiger partial charge is 0.393 e. The van der Waals surface area contributed by atoms with Gasteiger partial charge < -0.3 is 59.8 Å². The molecule has 2 aromatic heterocycles. The molecule has 2 aliphatic rings. The second-order valence-corrected chi connectivity index (χ2v) is 13.9. The first kappa shape index (κ1) is 34.3. The number of halogens is 1. The fourth-order valence-corrected chi connectivity index (χ4v) is 7.88. The largest absolute Gasteiger partial charge is 0.481 e. The first-order valence-corrected chi connectivity index (χ1v) is 16.4. The van der Waals surface area contributed by atoms with Crippen LogP contribution in [0.15, 0.2) is 31.1 Å². The molecule has 18 nitrogen and oxygen atoms in total. The Kier molecular flexibility index (Phi) is 10.4. The monoisotopic (exact) mass is 676 g/mol. The molecule has 4 heterocycles. The normalized spacial score (nSPS) is 36.7. The predicted octanol–water partition coefficient (Wildman–Crippen LogP) is -1.81. The molecule has 4 rings (SSSR count). The third-order valence-electron chi connectivity index (χ3n) is 6.97. The summed E-state index contributed by atoms with van der Waals surface area (Å²) in [6.07, 6.45) is -14.2. The molecule has 2 saturated heterocycles. The Morgan fingerprint density at radius 1 is 1.26 bits per heavy atom. The summed E-state index contributed by atoms with van der Waals surface area (Å²) in [7, 11) is -4.21. The van der Waals surface area contributed by atoms with Crippen molar-refractivity contribution >= 4 is 37.7 Å². The Morgan fingerprint density at radius 3 is 2.58 bits per heavy atom. The molecule has 0 aliphatic carbocycles. The summed E-state index contributed by atoms with van der Waals surface area (Å²) in [4.78, 5) is 24.6. The van der Waals surface area contributed by atoms with Gasteiger partial charge in [0.15, 0.2) is 18.3 Å². The SMILES string of the molecule is C=C[C@@]1(OC)[C@H](O)[C@@H](COP(O)(=S)OP(=O)(O)OC2OC([C@@H](F)CO)C(O)C(O)C2O)O[C@H]1c1ccc2c(N)ncnn12. The van der Waals surface area contributed by atoms with Crippen LogP contribution >= 0.6 is 14.5 Å². The fraction of sp³-hybridized carbons (Fsp3) is 0.619. The summed E-state index contributed by atoms with van der Waals surface area (Å²) >= 11 is 4.79. The molecular weight excluding hydrogens is 645 g/mol. The van der Waals surface area contributed by atoms with Crippen molar-refractivity contribution < 1.29 is 71.8 Å². The summed E-state index contributed by atoms with van der Waals surface area (Å²) in [6.45, 7) is -2.86. The number of fused-ring (bicyclic) bond motifs is 1. The third-order valence-corrected chi connectivity index (χ3v) is 10.5. The van der Waals surface area contributed by atoms with E-state index in [9.17, 15) is 39.2 Å². The van der Waals surface area contributed by atoms with Gasteiger partial charge in [-0.25, -0.2) is 22.8 Å². The van der Waals surface area contributed by atoms with E-state index >= 15 is 0 Å². The molecule has 43 heavy (non-hydrogen) atoms. The van der Waals surface area contributed by atoms with Gasteiger partial charge in [-0.05, 0) is 23.9 Å². The van der Waals surface area contributed by atoms with Gasteiger partial charge in [-0.1, -0.05) is 6.08 Å². The van der Waals surface area contributed by atoms with Crippen LogP contribution in [0.3, 0.4) is 0 Å². The van der Waals surface area contributed by atoms with Crippen molar-refractivity contribution in [1.29, 1.82) is 0 Å². The lowest BCUT2D eigenvalue weighted by Gasteiger charge is -2.41. The Balaban J connectivity index is 1.46. The molecular formula is C21H31FN4O14P2S. The van der Waals surface area contributed by atoms with Crippen molar-refractivity contribution in [3.8, 4) is 0 Å². The van der Waals surface area contributed by atoms with E-state index in [-0.39, 0.29) is 5.82 Å². The first-order valence-electron chi connectivity index (χ1n) is 12.4. The first-order chi connectivity index (χ1) is 20.1. The van der Waals surface area contributed by atoms with Crippen molar-refractivity contribution in [3.05, 3.63) is 36.8 Å². The molecule has 7 unspecified atom stereocenters. The van der Waals surface area contributed by atoms with E-state index in [0.717, 1.165) is 0 Å². The Labute approximate surface area is 247 Å². The van der Waals surface area contributed by atoms with Gasteiger partial charge in [0.1, 0.15) is 60.2 Å². The Bertz CT molecular complexity index is 1410. The van der Waals surface area contributed by atoms with Gasteiger partial charge in [-0.3, -0.25) is 4.52 Å². The number of phosphoric ester groups is 1. The van der Waals surface area contributed by atoms with Gasteiger partial charge in [-0.2, -0.15) is 5.10 Å². The third kappa shape index (κ3) is 6.70. The lowest BCUT2D eigenvalue weighted by atomic mass is 9.89. The molecule has 0 saturated carbocycles. The molecule has 0 amide bonds. The van der Waals surface area contributed by atoms with E-state index in [0.29, 0.717) is 11.2 Å². The minimum Gasteiger partial charge on any atom is -0.393 e. The summed E-state index contributed by atoms with van der Waals surface area (Å²) in [6, 6.07) is 3.21. The number of aromatic nitrogens is 3. The van der Waals surface area contributed by atoms with Crippen molar-refractivity contribution in [2.75, 3.05) is 26.1 Å². The quantitative estimate of drug-likeness (QED) is 0.0909. The fourth-order valence-electron chi connectivity index (χ4n) is 4.78. The molecule has 0 radical (unpaired) electrons. The topological polar surface area (TPSA) is 270 Å². The number of methoxy groups -OCH3 is 1. The number of phosphoric acid groups is 1. The number of hydrogen-bond donors (Lipinski definition) is 8. The maximum Gasteiger partial charge on any atom is 0.481 e. The highest BCUT2D eigenvalue weighted by molar-refractivity contribution is 8.08. The summed E-state index contributed by atoms with van der Waals surface area (Å²) in [5.74, 6) is 0.167. The molecule has 12 atom stereocenters. The van der Waals surface area contributed by atoms with Gasteiger partial charge in [0.05, 0.1) is 18.9 Å². The van der Waals surface area contributed by atoms with Crippen molar-refractivity contribution in [2.45, 2.75) is 60.8 Å². The number of hydrogen-bond acceptors (Lipinski definition) is 16. The number of aliphatic hydroxyl groups is 5. The van der Waals surface area contributed by atoms with Gasteiger partial charge in [0.25, 0.3) is 0 Å². The second-order valence-electron chi connectivity index (χ2n) is 9.52. The Morgan fingerprint density at radius 2 is 1.95 bits per heavy atom. The molecule has 9 N–H and O–H groups in total. The maximum absolute atomic E-state index is 14.0. The van der Waals surface area contributed by atoms with E-state index in [1.165, 1.54) is 24.0 Å². The molecule has 2 fully saturated rings. The molecule has 22 heteroatoms. The van der Waals surface area contributed by atoms with Crippen LogP contribution in [0.4, 0.5) is 10.2 Å². The Hall–Kier alpha value is -1.55. The van der Waals surface area contributed by atoms with Crippen molar-refractivity contribution in [3.63, 3.8) is 0 Å². The molecule has 2 aliphatic heterocycles. The van der Waals surface area contributed by atoms with E-state index in [4.69, 9.17) is 41.4 Å². The minimum atomic E-state index is -5.49. The highest BCUT2D eigenvalue weighted by atomic mass is 32.5. The number of nitrogens with two attached hydrogens (primary N) is 1. The van der Waals surface area contributed by atoms with E-state index in [1.54, 1.807) is 12.1 Å². The second kappa shape index (κ2) is 13.1. The van der Waals surface area contributed by atoms with Crippen LogP contribution in [0.2, 0.25) is 0 Å². The van der Waals surface area contributed by atoms with Crippen LogP contribution in [-0.2, 0) is 43.9 Å². The summed E-state index contributed by atoms with van der Waals surface area (Å²) in [5.41, 5.74) is 5.11. The standard InChI is InChI=1S/C21H31FN4O14P2S/c1-3-21(35-2)17(31)12(37-18(21)10-4-5-11-19(23)24-8-25-26(10)11)7-36-42(34,43)40-41(32,33)39-20-15(30)13(28)14(29)16(38-20)9(22)6-27/h3-5,8-9,12-18,20,27-31H,1,6-7H2,2H3,(H,32,33)(H,34,43)(H2,23,24,25)/t9-,12+,13?,14?,15?,16?,17+,18-,20?,21+,42?/m0/s1. The number of ether oxygens (including phenoxy) is 3. The molecule has 0 aromatic carbocycles. The van der Waals surface area contributed by atoms with Gasteiger partial charge in [-0.15, -0.1) is 6.58 Å². The molecule has 2 aromatic rings. The number of rotatable bonds is 12. The van der Waals surface area contributed by atoms with E-state index in [2.05, 4.69) is 25.5 Å². The van der Waals surface area contributed by atoms with Crippen LogP contribution in [0, 0.1) is 0 Å². The highest BCUT2D eigenvalue weighted by Crippen LogP contribution is 2.62. The van der Waals surface area contributed by atoms with Crippen LogP contribution in [-0.4, -0.2) is 125 Å². The zero-order valence-electron chi connectivity index (χ0n) is 22.2. The average Bonchev–Trinajstić information content (AvgIpc) is 3.50. The number of alkyl halides is 1. The lowest BCUT2D eigenvalue weighted by molar-refractivity contribution is -0.287. The van der Waals surface area contributed by atoms with Gasteiger partial charge in [0, 0.05) is 7.11 Å². The number of aliphatic hydroxyl groups excluding tert-OH is 5. The van der Waals surface area contributed by atoms with Crippen LogP contribution in [0.1, 0.15) is 11.8 Å². The maximum atomic E-state index is 14.0. The number of nitrogen functional groups attached to an aromatic ring is 1. The molecule has 242 valence electrons. The number of nitrogens with zero attached hydrogens (tertiary/aromatic N) is 3. The predicted molar refractivity (Wildman–Crippen MR) is 144 cm³/mol. The number of anilines is 1. The van der Waals surface area contributed by atoms with Gasteiger partial charge in [0.2, 0.25) is 0 Å².